The topological polar surface area (TPSA) is 98.9 Å². The van der Waals surface area contributed by atoms with Gasteiger partial charge in [-0.25, -0.2) is 8.42 Å². The highest BCUT2D eigenvalue weighted by molar-refractivity contribution is 7.89. The highest BCUT2D eigenvalue weighted by Crippen LogP contribution is 2.28. The number of hydrogen-bond acceptors (Lipinski definition) is 7. The molecular formula is C19H24N2O6S. The number of sulfonamides is 1. The lowest BCUT2D eigenvalue weighted by atomic mass is 10.00. The zero-order valence-electron chi connectivity index (χ0n) is 16.2. The van der Waals surface area contributed by atoms with Crippen molar-refractivity contribution in [1.82, 2.24) is 9.46 Å². The molecule has 2 aromatic rings. The van der Waals surface area contributed by atoms with Gasteiger partial charge in [0, 0.05) is 13.1 Å². The van der Waals surface area contributed by atoms with Gasteiger partial charge < -0.3 is 14.0 Å². The van der Waals surface area contributed by atoms with E-state index in [4.69, 9.17) is 14.0 Å². The van der Waals surface area contributed by atoms with Crippen molar-refractivity contribution >= 4 is 16.0 Å². The molecule has 0 aliphatic carbocycles. The second kappa shape index (κ2) is 8.32. The number of nitrogens with zero attached hydrogens (tertiary/aromatic N) is 2. The van der Waals surface area contributed by atoms with E-state index >= 15 is 0 Å². The number of carbonyl (C=O) groups excluding carboxylic acids is 1. The van der Waals surface area contributed by atoms with Crippen molar-refractivity contribution in [2.75, 3.05) is 20.2 Å². The number of esters is 1. The third-order valence-electron chi connectivity index (χ3n) is 4.80. The molecule has 1 aliphatic rings. The molecule has 3 rings (SSSR count). The molecule has 0 spiro atoms. The molecule has 2 heterocycles. The Morgan fingerprint density at radius 2 is 2.14 bits per heavy atom. The molecule has 1 aromatic heterocycles. The van der Waals surface area contributed by atoms with Crippen LogP contribution in [0.4, 0.5) is 0 Å². The summed E-state index contributed by atoms with van der Waals surface area (Å²) in [5.41, 5.74) is 1.13. The van der Waals surface area contributed by atoms with Crippen molar-refractivity contribution in [3.8, 4) is 5.75 Å². The Labute approximate surface area is 164 Å². The molecule has 0 N–H and O–H groups in total. The third-order valence-corrected chi connectivity index (χ3v) is 6.91. The largest absolute Gasteiger partial charge is 0.497 e. The SMILES string of the molecule is COc1cccc(COC(=O)C2CCCN(S(=O)(=O)c3c(C)noc3C)C2)c1. The zero-order chi connectivity index (χ0) is 20.3. The predicted molar refractivity (Wildman–Crippen MR) is 100 cm³/mol. The molecule has 0 bridgehead atoms. The zero-order valence-corrected chi connectivity index (χ0v) is 17.0. The van der Waals surface area contributed by atoms with Crippen molar-refractivity contribution in [1.29, 1.82) is 0 Å². The van der Waals surface area contributed by atoms with Crippen LogP contribution in [0, 0.1) is 19.8 Å². The first-order valence-electron chi connectivity index (χ1n) is 9.05. The van der Waals surface area contributed by atoms with Gasteiger partial charge in [0.25, 0.3) is 0 Å². The van der Waals surface area contributed by atoms with Crippen LogP contribution in [0.2, 0.25) is 0 Å². The van der Waals surface area contributed by atoms with E-state index in [2.05, 4.69) is 5.16 Å². The van der Waals surface area contributed by atoms with Crippen LogP contribution in [0.1, 0.15) is 29.9 Å². The van der Waals surface area contributed by atoms with E-state index in [0.29, 0.717) is 30.8 Å². The van der Waals surface area contributed by atoms with Crippen LogP contribution < -0.4 is 4.74 Å². The number of methoxy groups -OCH3 is 1. The summed E-state index contributed by atoms with van der Waals surface area (Å²) < 4.78 is 42.8. The number of hydrogen-bond donors (Lipinski definition) is 0. The first kappa shape index (κ1) is 20.3. The predicted octanol–water partition coefficient (Wildman–Crippen LogP) is 2.44. The van der Waals surface area contributed by atoms with E-state index in [0.717, 1.165) is 5.56 Å². The number of rotatable bonds is 6. The Morgan fingerprint density at radius 1 is 1.36 bits per heavy atom. The molecule has 1 atom stereocenters. The summed E-state index contributed by atoms with van der Waals surface area (Å²) in [6, 6.07) is 7.26. The molecular weight excluding hydrogens is 384 g/mol. The molecule has 1 saturated heterocycles. The molecule has 0 radical (unpaired) electrons. The summed E-state index contributed by atoms with van der Waals surface area (Å²) in [5, 5.41) is 3.73. The van der Waals surface area contributed by atoms with Gasteiger partial charge in [-0.2, -0.15) is 4.31 Å². The van der Waals surface area contributed by atoms with Gasteiger partial charge in [-0.1, -0.05) is 17.3 Å². The molecule has 0 saturated carbocycles. The fourth-order valence-corrected chi connectivity index (χ4v) is 5.17. The van der Waals surface area contributed by atoms with Crippen LogP contribution in [0.5, 0.6) is 5.75 Å². The Bertz CT molecular complexity index is 934. The Balaban J connectivity index is 1.66. The molecule has 152 valence electrons. The molecule has 1 fully saturated rings. The number of benzene rings is 1. The summed E-state index contributed by atoms with van der Waals surface area (Å²) >= 11 is 0. The average Bonchev–Trinajstić information content (AvgIpc) is 3.05. The van der Waals surface area contributed by atoms with Crippen LogP contribution in [0.15, 0.2) is 33.7 Å². The highest BCUT2D eigenvalue weighted by Gasteiger charge is 2.37. The van der Waals surface area contributed by atoms with Crippen LogP contribution in [-0.2, 0) is 26.2 Å². The quantitative estimate of drug-likeness (QED) is 0.677. The molecule has 9 heteroatoms. The lowest BCUT2D eigenvalue weighted by Gasteiger charge is -2.30. The van der Waals surface area contributed by atoms with E-state index in [1.807, 2.05) is 18.2 Å². The average molecular weight is 408 g/mol. The monoisotopic (exact) mass is 408 g/mol. The van der Waals surface area contributed by atoms with Gasteiger partial charge in [-0.15, -0.1) is 0 Å². The number of piperidine rings is 1. The van der Waals surface area contributed by atoms with Crippen molar-refractivity contribution in [2.24, 2.45) is 5.92 Å². The van der Waals surface area contributed by atoms with Gasteiger partial charge >= 0.3 is 5.97 Å². The summed E-state index contributed by atoms with van der Waals surface area (Å²) in [5.74, 6) is 0.0271. The summed E-state index contributed by atoms with van der Waals surface area (Å²) in [7, 11) is -2.20. The normalized spacial score (nSPS) is 18.0. The van der Waals surface area contributed by atoms with Crippen LogP contribution >= 0.6 is 0 Å². The molecule has 0 amide bonds. The minimum absolute atomic E-state index is 0.0814. The Hall–Kier alpha value is -2.39. The summed E-state index contributed by atoms with van der Waals surface area (Å²) in [6.45, 7) is 3.71. The van der Waals surface area contributed by atoms with Gasteiger partial charge in [0.2, 0.25) is 10.0 Å². The fraction of sp³-hybridized carbons (Fsp3) is 0.474. The fourth-order valence-electron chi connectivity index (χ4n) is 3.36. The molecule has 1 aromatic carbocycles. The van der Waals surface area contributed by atoms with E-state index < -0.39 is 21.9 Å². The van der Waals surface area contributed by atoms with E-state index in [9.17, 15) is 13.2 Å². The van der Waals surface area contributed by atoms with Crippen molar-refractivity contribution in [3.05, 3.63) is 41.3 Å². The van der Waals surface area contributed by atoms with Gasteiger partial charge in [0.15, 0.2) is 5.76 Å². The molecule has 8 nitrogen and oxygen atoms in total. The lowest BCUT2D eigenvalue weighted by Crippen LogP contribution is -2.43. The summed E-state index contributed by atoms with van der Waals surface area (Å²) in [6.07, 6.45) is 1.17. The lowest BCUT2D eigenvalue weighted by molar-refractivity contribution is -0.151. The van der Waals surface area contributed by atoms with Crippen LogP contribution in [0.25, 0.3) is 0 Å². The second-order valence-corrected chi connectivity index (χ2v) is 8.69. The second-order valence-electron chi connectivity index (χ2n) is 6.81. The first-order chi connectivity index (χ1) is 13.3. The minimum Gasteiger partial charge on any atom is -0.497 e. The van der Waals surface area contributed by atoms with Gasteiger partial charge in [-0.3, -0.25) is 4.79 Å². The Kier molecular flexibility index (Phi) is 6.04. The van der Waals surface area contributed by atoms with Crippen molar-refractivity contribution in [2.45, 2.75) is 38.2 Å². The van der Waals surface area contributed by atoms with Crippen molar-refractivity contribution in [3.63, 3.8) is 0 Å². The van der Waals surface area contributed by atoms with Crippen molar-refractivity contribution < 1.29 is 27.2 Å². The maximum absolute atomic E-state index is 13.0. The smallest absolute Gasteiger partial charge is 0.310 e. The maximum Gasteiger partial charge on any atom is 0.310 e. The van der Waals surface area contributed by atoms with E-state index in [1.54, 1.807) is 27.0 Å². The number of ether oxygens (including phenoxy) is 2. The molecule has 1 aliphatic heterocycles. The number of carbonyl (C=O) groups is 1. The van der Waals surface area contributed by atoms with Crippen LogP contribution in [-0.4, -0.2) is 44.0 Å². The molecule has 28 heavy (non-hydrogen) atoms. The number of aromatic nitrogens is 1. The first-order valence-corrected chi connectivity index (χ1v) is 10.5. The summed E-state index contributed by atoms with van der Waals surface area (Å²) in [4.78, 5) is 12.6. The van der Waals surface area contributed by atoms with Crippen LogP contribution in [0.3, 0.4) is 0 Å². The maximum atomic E-state index is 13.0. The standard InChI is InChI=1S/C19H24N2O6S/c1-13-18(14(2)27-20-13)28(23,24)21-9-5-7-16(11-21)19(22)26-12-15-6-4-8-17(10-15)25-3/h4,6,8,10,16H,5,7,9,11-12H2,1-3H3. The number of aryl methyl sites for hydroxylation is 2. The van der Waals surface area contributed by atoms with Gasteiger partial charge in [0.05, 0.1) is 13.0 Å². The van der Waals surface area contributed by atoms with Gasteiger partial charge in [0.1, 0.15) is 22.9 Å². The van der Waals surface area contributed by atoms with E-state index in [1.165, 1.54) is 4.31 Å². The Morgan fingerprint density at radius 3 is 2.82 bits per heavy atom. The van der Waals surface area contributed by atoms with Gasteiger partial charge in [-0.05, 0) is 44.4 Å². The minimum atomic E-state index is -3.77. The third kappa shape index (κ3) is 4.20. The highest BCUT2D eigenvalue weighted by atomic mass is 32.2. The molecule has 1 unspecified atom stereocenters. The van der Waals surface area contributed by atoms with E-state index in [-0.39, 0.29) is 23.8 Å².